The average Bonchev–Trinajstić information content (AvgIpc) is 2.49. The van der Waals surface area contributed by atoms with Crippen LogP contribution in [0.25, 0.3) is 0 Å². The summed E-state index contributed by atoms with van der Waals surface area (Å²) in [7, 11) is 1.49. The average molecular weight is 447 g/mol. The Bertz CT molecular complexity index is 724. The second kappa shape index (κ2) is 7.75. The van der Waals surface area contributed by atoms with Crippen molar-refractivity contribution >= 4 is 63.1 Å². The summed E-state index contributed by atoms with van der Waals surface area (Å²) >= 11 is 13.3. The highest BCUT2D eigenvalue weighted by atomic mass is 127. The van der Waals surface area contributed by atoms with Gasteiger partial charge in [-0.25, -0.2) is 0 Å². The van der Waals surface area contributed by atoms with Crippen LogP contribution in [-0.2, 0) is 0 Å². The highest BCUT2D eigenvalue weighted by Gasteiger charge is 2.14. The highest BCUT2D eigenvalue weighted by Crippen LogP contribution is 2.22. The zero-order valence-electron chi connectivity index (χ0n) is 11.5. The second-order valence-corrected chi connectivity index (χ2v) is 6.24. The molecule has 0 saturated heterocycles. The maximum absolute atomic E-state index is 12.3. The molecular formula is C15H12ClIN2O2S. The number of para-hydroxylation sites is 1. The molecule has 0 radical (unpaired) electrons. The van der Waals surface area contributed by atoms with E-state index < -0.39 is 0 Å². The van der Waals surface area contributed by atoms with Gasteiger partial charge in [0.2, 0.25) is 0 Å². The Morgan fingerprint density at radius 2 is 2.00 bits per heavy atom. The van der Waals surface area contributed by atoms with Gasteiger partial charge in [-0.3, -0.25) is 10.1 Å². The van der Waals surface area contributed by atoms with Crippen LogP contribution in [0, 0.1) is 3.57 Å². The van der Waals surface area contributed by atoms with Gasteiger partial charge in [0.25, 0.3) is 5.91 Å². The SMILES string of the molecule is COc1ccc(Cl)cc1C(=O)NC(=S)Nc1ccccc1I. The lowest BCUT2D eigenvalue weighted by Crippen LogP contribution is -2.34. The van der Waals surface area contributed by atoms with E-state index in [1.807, 2.05) is 24.3 Å². The lowest BCUT2D eigenvalue weighted by atomic mass is 10.2. The number of anilines is 1. The first kappa shape index (κ1) is 17.0. The van der Waals surface area contributed by atoms with Crippen molar-refractivity contribution in [3.63, 3.8) is 0 Å². The van der Waals surface area contributed by atoms with Gasteiger partial charge in [0.1, 0.15) is 5.75 Å². The molecular weight excluding hydrogens is 435 g/mol. The molecule has 0 aliphatic rings. The monoisotopic (exact) mass is 446 g/mol. The van der Waals surface area contributed by atoms with Crippen molar-refractivity contribution in [3.8, 4) is 5.75 Å². The molecule has 2 rings (SSSR count). The van der Waals surface area contributed by atoms with Crippen LogP contribution in [0.1, 0.15) is 10.4 Å². The maximum Gasteiger partial charge on any atom is 0.261 e. The number of benzene rings is 2. The van der Waals surface area contributed by atoms with Gasteiger partial charge >= 0.3 is 0 Å². The normalized spacial score (nSPS) is 9.95. The summed E-state index contributed by atoms with van der Waals surface area (Å²) in [6.45, 7) is 0. The number of hydrogen-bond donors (Lipinski definition) is 2. The minimum absolute atomic E-state index is 0.205. The Labute approximate surface area is 152 Å². The van der Waals surface area contributed by atoms with E-state index in [-0.39, 0.29) is 11.0 Å². The lowest BCUT2D eigenvalue weighted by molar-refractivity contribution is 0.0975. The Balaban J connectivity index is 2.10. The first-order chi connectivity index (χ1) is 10.5. The first-order valence-electron chi connectivity index (χ1n) is 6.21. The molecule has 1 amide bonds. The number of carbonyl (C=O) groups is 1. The van der Waals surface area contributed by atoms with Crippen molar-refractivity contribution in [1.29, 1.82) is 0 Å². The quantitative estimate of drug-likeness (QED) is 0.551. The molecule has 0 fully saturated rings. The van der Waals surface area contributed by atoms with Crippen LogP contribution in [0.3, 0.4) is 0 Å². The molecule has 2 aromatic rings. The van der Waals surface area contributed by atoms with Gasteiger partial charge in [0.05, 0.1) is 18.4 Å². The Kier molecular flexibility index (Phi) is 5.98. The second-order valence-electron chi connectivity index (χ2n) is 4.23. The molecule has 2 N–H and O–H groups in total. The molecule has 0 atom stereocenters. The van der Waals surface area contributed by atoms with Gasteiger partial charge in [-0.15, -0.1) is 0 Å². The van der Waals surface area contributed by atoms with Gasteiger partial charge in [-0.2, -0.15) is 0 Å². The zero-order valence-corrected chi connectivity index (χ0v) is 15.3. The van der Waals surface area contributed by atoms with Gasteiger partial charge in [0, 0.05) is 8.59 Å². The lowest BCUT2D eigenvalue weighted by Gasteiger charge is -2.12. The van der Waals surface area contributed by atoms with Gasteiger partial charge in [-0.05, 0) is 65.1 Å². The highest BCUT2D eigenvalue weighted by molar-refractivity contribution is 14.1. The summed E-state index contributed by atoms with van der Waals surface area (Å²) in [6, 6.07) is 12.4. The fraction of sp³-hybridized carbons (Fsp3) is 0.0667. The standard InChI is InChI=1S/C15H12ClIN2O2S/c1-21-13-7-6-9(16)8-10(13)14(20)19-15(22)18-12-5-3-2-4-11(12)17/h2-8H,1H3,(H2,18,19,20,22). The number of nitrogens with one attached hydrogen (secondary N) is 2. The van der Waals surface area contributed by atoms with Crippen molar-refractivity contribution < 1.29 is 9.53 Å². The van der Waals surface area contributed by atoms with Crippen molar-refractivity contribution in [2.24, 2.45) is 0 Å². The van der Waals surface area contributed by atoms with E-state index in [1.54, 1.807) is 12.1 Å². The number of amides is 1. The summed E-state index contributed by atoms with van der Waals surface area (Å²) in [5.41, 5.74) is 1.15. The number of methoxy groups -OCH3 is 1. The summed E-state index contributed by atoms with van der Waals surface area (Å²) < 4.78 is 6.15. The summed E-state index contributed by atoms with van der Waals surface area (Å²) in [6.07, 6.45) is 0. The van der Waals surface area contributed by atoms with Crippen LogP contribution in [0.4, 0.5) is 5.69 Å². The van der Waals surface area contributed by atoms with E-state index in [4.69, 9.17) is 28.6 Å². The van der Waals surface area contributed by atoms with E-state index in [9.17, 15) is 4.79 Å². The molecule has 22 heavy (non-hydrogen) atoms. The van der Waals surface area contributed by atoms with E-state index >= 15 is 0 Å². The van der Waals surface area contributed by atoms with Crippen molar-refractivity contribution in [2.45, 2.75) is 0 Å². The molecule has 7 heteroatoms. The minimum Gasteiger partial charge on any atom is -0.496 e. The third-order valence-electron chi connectivity index (χ3n) is 2.76. The fourth-order valence-corrected chi connectivity index (χ4v) is 2.64. The zero-order chi connectivity index (χ0) is 16.1. The molecule has 0 saturated carbocycles. The van der Waals surface area contributed by atoms with Crippen LogP contribution in [-0.4, -0.2) is 18.1 Å². The summed E-state index contributed by atoms with van der Waals surface area (Å²) in [5, 5.41) is 6.25. The molecule has 0 bridgehead atoms. The third kappa shape index (κ3) is 4.31. The van der Waals surface area contributed by atoms with E-state index in [2.05, 4.69) is 33.2 Å². The Hall–Kier alpha value is -1.38. The van der Waals surface area contributed by atoms with Gasteiger partial charge in [-0.1, -0.05) is 23.7 Å². The Morgan fingerprint density at radius 3 is 2.68 bits per heavy atom. The number of thiocarbonyl (C=S) groups is 1. The molecule has 0 unspecified atom stereocenters. The van der Waals surface area contributed by atoms with Crippen molar-refractivity contribution in [3.05, 3.63) is 56.6 Å². The number of carbonyl (C=O) groups excluding carboxylic acids is 1. The summed E-state index contributed by atoms with van der Waals surface area (Å²) in [5.74, 6) is 0.0433. The predicted molar refractivity (Wildman–Crippen MR) is 101 cm³/mol. The molecule has 0 spiro atoms. The van der Waals surface area contributed by atoms with Crippen LogP contribution in [0.15, 0.2) is 42.5 Å². The molecule has 0 aliphatic heterocycles. The molecule has 114 valence electrons. The van der Waals surface area contributed by atoms with Crippen LogP contribution >= 0.6 is 46.4 Å². The van der Waals surface area contributed by atoms with Gasteiger partial charge in [0.15, 0.2) is 5.11 Å². The van der Waals surface area contributed by atoms with Crippen LogP contribution in [0.5, 0.6) is 5.75 Å². The molecule has 0 heterocycles. The molecule has 0 aliphatic carbocycles. The summed E-state index contributed by atoms with van der Waals surface area (Å²) in [4.78, 5) is 12.3. The molecule has 0 aromatic heterocycles. The topological polar surface area (TPSA) is 50.4 Å². The molecule has 2 aromatic carbocycles. The van der Waals surface area contributed by atoms with Crippen molar-refractivity contribution in [1.82, 2.24) is 5.32 Å². The largest absolute Gasteiger partial charge is 0.496 e. The van der Waals surface area contributed by atoms with E-state index in [1.165, 1.54) is 13.2 Å². The van der Waals surface area contributed by atoms with E-state index in [0.29, 0.717) is 16.3 Å². The smallest absolute Gasteiger partial charge is 0.261 e. The van der Waals surface area contributed by atoms with Crippen LogP contribution in [0.2, 0.25) is 5.02 Å². The minimum atomic E-state index is -0.386. The first-order valence-corrected chi connectivity index (χ1v) is 8.08. The Morgan fingerprint density at radius 1 is 1.27 bits per heavy atom. The number of ether oxygens (including phenoxy) is 1. The van der Waals surface area contributed by atoms with Crippen LogP contribution < -0.4 is 15.4 Å². The number of hydrogen-bond acceptors (Lipinski definition) is 3. The number of halogens is 2. The number of rotatable bonds is 3. The molecule has 4 nitrogen and oxygen atoms in total. The van der Waals surface area contributed by atoms with Gasteiger partial charge < -0.3 is 10.1 Å². The third-order valence-corrected chi connectivity index (χ3v) is 4.14. The fourth-order valence-electron chi connectivity index (χ4n) is 1.74. The predicted octanol–water partition coefficient (Wildman–Crippen LogP) is 4.08. The van der Waals surface area contributed by atoms with E-state index in [0.717, 1.165) is 9.26 Å². The maximum atomic E-state index is 12.3. The van der Waals surface area contributed by atoms with Crippen molar-refractivity contribution in [2.75, 3.05) is 12.4 Å².